The van der Waals surface area contributed by atoms with E-state index in [1.54, 1.807) is 0 Å². The van der Waals surface area contributed by atoms with Crippen molar-refractivity contribution < 1.29 is 32.9 Å². The van der Waals surface area contributed by atoms with Crippen molar-refractivity contribution in [1.29, 1.82) is 0 Å². The highest BCUT2D eigenvalue weighted by molar-refractivity contribution is 7.45. The number of amides is 1. The van der Waals surface area contributed by atoms with Gasteiger partial charge in [-0.25, -0.2) is 0 Å². The molecule has 0 aliphatic rings. The second-order valence-corrected chi connectivity index (χ2v) is 21.7. The second kappa shape index (κ2) is 48.5. The molecule has 0 aliphatic carbocycles. The number of allylic oxidation sites excluding steroid dienone is 8. The minimum absolute atomic E-state index is 0.0125. The van der Waals surface area contributed by atoms with Crippen molar-refractivity contribution in [3.05, 3.63) is 48.6 Å². The molecule has 0 aromatic heterocycles. The number of rotatable bonds is 51. The molecule has 8 nitrogen and oxygen atoms in total. The van der Waals surface area contributed by atoms with Gasteiger partial charge in [-0.1, -0.05) is 249 Å². The van der Waals surface area contributed by atoms with Crippen LogP contribution in [0.4, 0.5) is 0 Å². The molecule has 0 aromatic carbocycles. The molecule has 0 radical (unpaired) electrons. The van der Waals surface area contributed by atoms with Gasteiger partial charge in [-0.15, -0.1) is 0 Å². The van der Waals surface area contributed by atoms with E-state index in [1.165, 1.54) is 167 Å². The molecule has 0 saturated carbocycles. The van der Waals surface area contributed by atoms with E-state index in [4.69, 9.17) is 9.05 Å². The smallest absolute Gasteiger partial charge is 0.268 e. The Morgan fingerprint density at radius 1 is 0.545 bits per heavy atom. The first kappa shape index (κ1) is 64.5. The summed E-state index contributed by atoms with van der Waals surface area (Å²) in [5.41, 5.74) is 0. The third-order valence-corrected chi connectivity index (χ3v) is 13.5. The maximum Gasteiger partial charge on any atom is 0.268 e. The number of carbonyl (C=O) groups excluding carboxylic acids is 1. The summed E-state index contributed by atoms with van der Waals surface area (Å²) < 4.78 is 23.4. The highest BCUT2D eigenvalue weighted by Crippen LogP contribution is 2.38. The molecule has 1 amide bonds. The maximum absolute atomic E-state index is 13.0. The number of likely N-dealkylation sites (N-methyl/N-ethyl adjacent to an activating group) is 1. The summed E-state index contributed by atoms with van der Waals surface area (Å²) in [5.74, 6) is -0.163. The fourth-order valence-corrected chi connectivity index (χ4v) is 8.93. The van der Waals surface area contributed by atoms with Crippen LogP contribution in [-0.2, 0) is 18.4 Å². The zero-order chi connectivity index (χ0) is 48.5. The monoisotopic (exact) mass is 949 g/mol. The molecule has 0 spiro atoms. The minimum atomic E-state index is -4.57. The van der Waals surface area contributed by atoms with Gasteiger partial charge >= 0.3 is 0 Å². The summed E-state index contributed by atoms with van der Waals surface area (Å²) in [6.45, 7) is 4.63. The first-order valence-electron chi connectivity index (χ1n) is 28.0. The zero-order valence-corrected chi connectivity index (χ0v) is 45.0. The van der Waals surface area contributed by atoms with Crippen LogP contribution < -0.4 is 10.2 Å². The van der Waals surface area contributed by atoms with Crippen LogP contribution in [0.15, 0.2) is 48.6 Å². The Balaban J connectivity index is 4.09. The predicted molar refractivity (Wildman–Crippen MR) is 284 cm³/mol. The number of aliphatic hydroxyl groups excluding tert-OH is 1. The highest BCUT2D eigenvalue weighted by Gasteiger charge is 2.24. The van der Waals surface area contributed by atoms with Gasteiger partial charge in [-0.05, 0) is 51.4 Å². The molecule has 0 bridgehead atoms. The molecule has 388 valence electrons. The lowest BCUT2D eigenvalue weighted by Crippen LogP contribution is -2.46. The van der Waals surface area contributed by atoms with Crippen molar-refractivity contribution >= 4 is 13.7 Å². The minimum Gasteiger partial charge on any atom is -0.756 e. The average molecular weight is 949 g/mol. The number of aliphatic hydroxyl groups is 1. The Bertz CT molecular complexity index is 1210. The normalized spacial score (nSPS) is 14.3. The van der Waals surface area contributed by atoms with Gasteiger partial charge in [0.2, 0.25) is 5.91 Å². The fraction of sp³-hybridized carbons (Fsp3) is 0.842. The molecule has 3 atom stereocenters. The molecule has 0 saturated heterocycles. The van der Waals surface area contributed by atoms with Crippen molar-refractivity contribution in [3.63, 3.8) is 0 Å². The van der Waals surface area contributed by atoms with Gasteiger partial charge in [0.25, 0.3) is 7.82 Å². The number of phosphoric ester groups is 1. The van der Waals surface area contributed by atoms with Gasteiger partial charge in [0, 0.05) is 6.42 Å². The number of carbonyl (C=O) groups is 1. The van der Waals surface area contributed by atoms with Crippen molar-refractivity contribution in [1.82, 2.24) is 5.32 Å². The molecule has 3 unspecified atom stereocenters. The fourth-order valence-electron chi connectivity index (χ4n) is 8.21. The Labute approximate surface area is 409 Å². The van der Waals surface area contributed by atoms with E-state index in [2.05, 4.69) is 67.8 Å². The van der Waals surface area contributed by atoms with Gasteiger partial charge < -0.3 is 28.8 Å². The second-order valence-electron chi connectivity index (χ2n) is 20.3. The quantitative estimate of drug-likeness (QED) is 0.0272. The summed E-state index contributed by atoms with van der Waals surface area (Å²) >= 11 is 0. The van der Waals surface area contributed by atoms with Gasteiger partial charge in [0.1, 0.15) is 13.2 Å². The van der Waals surface area contributed by atoms with E-state index in [-0.39, 0.29) is 19.1 Å². The van der Waals surface area contributed by atoms with Crippen molar-refractivity contribution in [3.8, 4) is 0 Å². The molecule has 66 heavy (non-hydrogen) atoms. The third-order valence-electron chi connectivity index (χ3n) is 12.6. The van der Waals surface area contributed by atoms with Gasteiger partial charge in [0.05, 0.1) is 39.9 Å². The molecule has 0 heterocycles. The predicted octanol–water partition coefficient (Wildman–Crippen LogP) is 16.1. The molecule has 2 N–H and O–H groups in total. The van der Waals surface area contributed by atoms with E-state index < -0.39 is 20.0 Å². The van der Waals surface area contributed by atoms with Gasteiger partial charge in [-0.3, -0.25) is 9.36 Å². The van der Waals surface area contributed by atoms with Crippen LogP contribution >= 0.6 is 7.82 Å². The topological polar surface area (TPSA) is 108 Å². The van der Waals surface area contributed by atoms with E-state index in [0.29, 0.717) is 23.9 Å². The van der Waals surface area contributed by atoms with Crippen molar-refractivity contribution in [2.24, 2.45) is 0 Å². The largest absolute Gasteiger partial charge is 0.756 e. The Kier molecular flexibility index (Phi) is 47.4. The number of nitrogens with one attached hydrogen (secondary N) is 1. The van der Waals surface area contributed by atoms with Crippen LogP contribution in [0.3, 0.4) is 0 Å². The van der Waals surface area contributed by atoms with Crippen LogP contribution in [0, 0.1) is 0 Å². The Morgan fingerprint density at radius 3 is 1.35 bits per heavy atom. The lowest BCUT2D eigenvalue weighted by molar-refractivity contribution is -0.870. The van der Waals surface area contributed by atoms with Gasteiger partial charge in [-0.2, -0.15) is 0 Å². The molecule has 0 aromatic rings. The van der Waals surface area contributed by atoms with Crippen molar-refractivity contribution in [2.45, 2.75) is 270 Å². The number of unbranched alkanes of at least 4 members (excludes halogenated alkanes) is 30. The SMILES string of the molecule is CC/C=C\C/C=C\C/C=C\C/C=C\CCCCCCCCCCCCCCCCCCC(=O)NC(COP(=O)([O-])OCC[N+](C)(C)C)C(O)CCCCCCCCCCCCCCCCC. The van der Waals surface area contributed by atoms with E-state index >= 15 is 0 Å². The summed E-state index contributed by atoms with van der Waals surface area (Å²) in [6, 6.07) is -0.800. The van der Waals surface area contributed by atoms with Crippen molar-refractivity contribution in [2.75, 3.05) is 40.9 Å². The summed E-state index contributed by atoms with van der Waals surface area (Å²) in [4.78, 5) is 25.5. The maximum atomic E-state index is 13.0. The van der Waals surface area contributed by atoms with Gasteiger partial charge in [0.15, 0.2) is 0 Å². The first-order valence-corrected chi connectivity index (χ1v) is 29.4. The van der Waals surface area contributed by atoms with E-state index in [1.807, 2.05) is 21.1 Å². The molecule has 9 heteroatoms. The number of nitrogens with zero attached hydrogens (tertiary/aromatic N) is 1. The third kappa shape index (κ3) is 50.3. The molecule has 0 fully saturated rings. The van der Waals surface area contributed by atoms with Crippen LogP contribution in [0.2, 0.25) is 0 Å². The number of hydrogen-bond donors (Lipinski definition) is 2. The van der Waals surface area contributed by atoms with Crippen LogP contribution in [-0.4, -0.2) is 68.5 Å². The lowest BCUT2D eigenvalue weighted by Gasteiger charge is -2.30. The summed E-state index contributed by atoms with van der Waals surface area (Å²) in [6.07, 6.45) is 62.8. The molecular formula is C57H109N2O6P. The van der Waals surface area contributed by atoms with Crippen LogP contribution in [0.1, 0.15) is 258 Å². The lowest BCUT2D eigenvalue weighted by atomic mass is 10.0. The standard InChI is InChI=1S/C57H109N2O6P/c1-6-8-10-12-14-16-18-20-22-23-24-25-26-27-28-29-30-31-32-33-34-35-37-39-41-43-45-47-49-51-57(61)58-55(54-65-66(62,63)64-53-52-59(3,4)5)56(60)50-48-46-44-42-40-38-36-21-19-17-15-13-11-9-7-2/h8,10,14,16,20,22,24-25,55-56,60H,6-7,9,11-13,15,17-19,21,23,26-54H2,1-5H3,(H-,58,61,62,63)/b10-8-,16-14-,22-20-,25-24-. The van der Waals surface area contributed by atoms with Crippen LogP contribution in [0.5, 0.6) is 0 Å². The van der Waals surface area contributed by atoms with E-state index in [0.717, 1.165) is 64.2 Å². The zero-order valence-electron chi connectivity index (χ0n) is 44.1. The molecule has 0 aliphatic heterocycles. The Morgan fingerprint density at radius 2 is 0.924 bits per heavy atom. The average Bonchev–Trinajstić information content (AvgIpc) is 3.28. The van der Waals surface area contributed by atoms with E-state index in [9.17, 15) is 19.4 Å². The number of phosphoric acid groups is 1. The summed E-state index contributed by atoms with van der Waals surface area (Å²) in [5, 5.41) is 14.0. The van der Waals surface area contributed by atoms with Crippen LogP contribution in [0.25, 0.3) is 0 Å². The summed E-state index contributed by atoms with van der Waals surface area (Å²) in [7, 11) is 1.31. The highest BCUT2D eigenvalue weighted by atomic mass is 31.2. The Hall–Kier alpha value is -1.54. The number of quaternary nitrogens is 1. The molecular weight excluding hydrogens is 840 g/mol. The first-order chi connectivity index (χ1) is 32.0. The molecule has 0 rings (SSSR count). The number of hydrogen-bond acceptors (Lipinski definition) is 6.